The van der Waals surface area contributed by atoms with Gasteiger partial charge in [-0.05, 0) is 37.5 Å². The summed E-state index contributed by atoms with van der Waals surface area (Å²) in [6.45, 7) is 0. The minimum Gasteiger partial charge on any atom is -0.508 e. The molecule has 1 fully saturated rings. The Morgan fingerprint density at radius 3 is 1.23 bits per heavy atom. The van der Waals surface area contributed by atoms with Gasteiger partial charge in [0.2, 0.25) is 0 Å². The van der Waals surface area contributed by atoms with Gasteiger partial charge in [-0.3, -0.25) is 9.59 Å². The Kier molecular flexibility index (Phi) is 6.66. The summed E-state index contributed by atoms with van der Waals surface area (Å²) < 4.78 is 10.4. The van der Waals surface area contributed by atoms with Crippen LogP contribution in [-0.4, -0.2) is 32.4 Å². The van der Waals surface area contributed by atoms with Crippen LogP contribution in [0, 0.1) is 11.8 Å². The third-order valence-electron chi connectivity index (χ3n) is 5.09. The van der Waals surface area contributed by atoms with Crippen molar-refractivity contribution in [1.29, 1.82) is 0 Å². The summed E-state index contributed by atoms with van der Waals surface area (Å²) in [5.74, 6) is -1.18. The van der Waals surface area contributed by atoms with Crippen molar-refractivity contribution < 1.29 is 39.5 Å². The van der Waals surface area contributed by atoms with Crippen molar-refractivity contribution in [1.82, 2.24) is 0 Å². The molecule has 8 heteroatoms. The number of rotatable bonds is 6. The Morgan fingerprint density at radius 2 is 0.933 bits per heavy atom. The number of carbonyl (C=O) groups excluding carboxylic acids is 2. The molecule has 3 rings (SSSR count). The van der Waals surface area contributed by atoms with Crippen LogP contribution in [0.4, 0.5) is 0 Å². The minimum atomic E-state index is -0.438. The van der Waals surface area contributed by atoms with E-state index in [-0.39, 0.29) is 59.2 Å². The number of aromatic hydroxyl groups is 4. The van der Waals surface area contributed by atoms with Crippen LogP contribution in [0.1, 0.15) is 38.5 Å². The van der Waals surface area contributed by atoms with Crippen LogP contribution in [-0.2, 0) is 9.59 Å². The lowest BCUT2D eigenvalue weighted by Crippen LogP contribution is -2.22. The van der Waals surface area contributed by atoms with Gasteiger partial charge in [0.05, 0.1) is 0 Å². The van der Waals surface area contributed by atoms with Crippen molar-refractivity contribution in [2.24, 2.45) is 11.8 Å². The van der Waals surface area contributed by atoms with Crippen molar-refractivity contribution >= 4 is 11.9 Å². The van der Waals surface area contributed by atoms with Crippen LogP contribution < -0.4 is 9.47 Å². The van der Waals surface area contributed by atoms with Gasteiger partial charge in [-0.2, -0.15) is 0 Å². The second-order valence-electron chi connectivity index (χ2n) is 7.61. The fourth-order valence-corrected chi connectivity index (χ4v) is 3.71. The molecular formula is C22H24O8. The first-order valence-electron chi connectivity index (χ1n) is 9.74. The molecule has 0 amide bonds. The van der Waals surface area contributed by atoms with Crippen molar-refractivity contribution in [2.45, 2.75) is 38.5 Å². The maximum absolute atomic E-state index is 12.1. The summed E-state index contributed by atoms with van der Waals surface area (Å²) in [7, 11) is 0. The maximum Gasteiger partial charge on any atom is 0.311 e. The molecule has 2 aromatic rings. The third-order valence-corrected chi connectivity index (χ3v) is 5.09. The molecule has 8 nitrogen and oxygen atoms in total. The molecule has 0 aliphatic heterocycles. The van der Waals surface area contributed by atoms with E-state index in [4.69, 9.17) is 9.47 Å². The van der Waals surface area contributed by atoms with Gasteiger partial charge < -0.3 is 29.9 Å². The molecule has 0 bridgehead atoms. The molecule has 4 N–H and O–H groups in total. The van der Waals surface area contributed by atoms with E-state index in [1.54, 1.807) is 0 Å². The first kappa shape index (κ1) is 21.3. The second kappa shape index (κ2) is 9.39. The minimum absolute atomic E-state index is 0.0897. The van der Waals surface area contributed by atoms with Crippen LogP contribution in [0.25, 0.3) is 0 Å². The van der Waals surface area contributed by atoms with Crippen LogP contribution in [0.15, 0.2) is 36.4 Å². The normalized spacial score (nSPS) is 18.5. The van der Waals surface area contributed by atoms with Crippen LogP contribution in [0.3, 0.4) is 0 Å². The highest BCUT2D eigenvalue weighted by Gasteiger charge is 2.26. The molecule has 1 aliphatic rings. The Hall–Kier alpha value is -3.42. The fraction of sp³-hybridized carbons (Fsp3) is 0.364. The lowest BCUT2D eigenvalue weighted by molar-refractivity contribution is -0.137. The number of phenolic OH excluding ortho intramolecular Hbond substituents is 4. The first-order chi connectivity index (χ1) is 14.3. The predicted molar refractivity (Wildman–Crippen MR) is 105 cm³/mol. The Balaban J connectivity index is 1.42. The van der Waals surface area contributed by atoms with E-state index in [9.17, 15) is 30.0 Å². The lowest BCUT2D eigenvalue weighted by Gasteiger charge is -2.27. The van der Waals surface area contributed by atoms with Crippen LogP contribution in [0.5, 0.6) is 34.5 Å². The molecule has 0 unspecified atom stereocenters. The summed E-state index contributed by atoms with van der Waals surface area (Å²) in [6, 6.07) is 7.32. The molecule has 2 aromatic carbocycles. The van der Waals surface area contributed by atoms with Gasteiger partial charge in [0.15, 0.2) is 0 Å². The molecule has 0 aromatic heterocycles. The SMILES string of the molecule is O=C(CC1CCC(CC(=O)Oc2cc(O)cc(O)c2)CC1)Oc1cc(O)cc(O)c1. The molecule has 0 radical (unpaired) electrons. The number of hydrogen-bond acceptors (Lipinski definition) is 8. The van der Waals surface area contributed by atoms with Gasteiger partial charge in [-0.1, -0.05) is 0 Å². The van der Waals surface area contributed by atoms with Crippen molar-refractivity contribution in [2.75, 3.05) is 0 Å². The van der Waals surface area contributed by atoms with Crippen molar-refractivity contribution in [3.8, 4) is 34.5 Å². The van der Waals surface area contributed by atoms with E-state index < -0.39 is 11.9 Å². The van der Waals surface area contributed by atoms with Gasteiger partial charge in [0.1, 0.15) is 34.5 Å². The van der Waals surface area contributed by atoms with E-state index in [1.165, 1.54) is 24.3 Å². The Bertz CT molecular complexity index is 799. The number of phenols is 4. The van der Waals surface area contributed by atoms with Gasteiger partial charge in [0, 0.05) is 49.2 Å². The zero-order chi connectivity index (χ0) is 21.7. The Labute approximate surface area is 173 Å². The summed E-state index contributed by atoms with van der Waals surface area (Å²) >= 11 is 0. The smallest absolute Gasteiger partial charge is 0.311 e. The summed E-state index contributed by atoms with van der Waals surface area (Å²) in [6.07, 6.45) is 3.51. The second-order valence-corrected chi connectivity index (χ2v) is 7.61. The van der Waals surface area contributed by atoms with E-state index in [1.807, 2.05) is 0 Å². The number of esters is 2. The molecule has 160 valence electrons. The monoisotopic (exact) mass is 416 g/mol. The van der Waals surface area contributed by atoms with Crippen molar-refractivity contribution in [3.05, 3.63) is 36.4 Å². The summed E-state index contributed by atoms with van der Waals surface area (Å²) in [5.41, 5.74) is 0. The zero-order valence-corrected chi connectivity index (χ0v) is 16.3. The van der Waals surface area contributed by atoms with E-state index in [0.29, 0.717) is 0 Å². The molecule has 0 spiro atoms. The highest BCUT2D eigenvalue weighted by Crippen LogP contribution is 2.34. The number of hydrogen-bond donors (Lipinski definition) is 4. The first-order valence-corrected chi connectivity index (χ1v) is 9.74. The fourth-order valence-electron chi connectivity index (χ4n) is 3.71. The Morgan fingerprint density at radius 1 is 0.633 bits per heavy atom. The number of benzene rings is 2. The summed E-state index contributed by atoms with van der Waals surface area (Å²) in [4.78, 5) is 24.2. The standard InChI is InChI=1S/C22H24O8/c23-15-7-16(24)10-19(9-15)29-21(27)5-13-1-2-14(4-3-13)6-22(28)30-20-11-17(25)8-18(26)12-20/h7-14,23-26H,1-6H2. The van der Waals surface area contributed by atoms with Gasteiger partial charge in [-0.15, -0.1) is 0 Å². The molecule has 0 saturated heterocycles. The molecule has 0 heterocycles. The van der Waals surface area contributed by atoms with Gasteiger partial charge >= 0.3 is 11.9 Å². The van der Waals surface area contributed by atoms with Gasteiger partial charge in [0.25, 0.3) is 0 Å². The largest absolute Gasteiger partial charge is 0.508 e. The maximum atomic E-state index is 12.1. The predicted octanol–water partition coefficient (Wildman–Crippen LogP) is 3.61. The number of ether oxygens (including phenoxy) is 2. The highest BCUT2D eigenvalue weighted by molar-refractivity contribution is 5.73. The van der Waals surface area contributed by atoms with E-state index in [2.05, 4.69) is 0 Å². The van der Waals surface area contributed by atoms with Gasteiger partial charge in [-0.25, -0.2) is 0 Å². The quantitative estimate of drug-likeness (QED) is 0.415. The lowest BCUT2D eigenvalue weighted by atomic mass is 9.79. The highest BCUT2D eigenvalue weighted by atomic mass is 16.5. The molecular weight excluding hydrogens is 392 g/mol. The number of carbonyl (C=O) groups is 2. The molecule has 0 atom stereocenters. The van der Waals surface area contributed by atoms with E-state index in [0.717, 1.165) is 37.8 Å². The molecule has 1 aliphatic carbocycles. The van der Waals surface area contributed by atoms with Crippen molar-refractivity contribution in [3.63, 3.8) is 0 Å². The summed E-state index contributed by atoms with van der Waals surface area (Å²) in [5, 5.41) is 37.7. The molecule has 30 heavy (non-hydrogen) atoms. The van der Waals surface area contributed by atoms with Crippen LogP contribution >= 0.6 is 0 Å². The average Bonchev–Trinajstić information content (AvgIpc) is 2.61. The average molecular weight is 416 g/mol. The van der Waals surface area contributed by atoms with E-state index >= 15 is 0 Å². The molecule has 1 saturated carbocycles. The topological polar surface area (TPSA) is 134 Å². The van der Waals surface area contributed by atoms with Crippen LogP contribution in [0.2, 0.25) is 0 Å². The zero-order valence-electron chi connectivity index (χ0n) is 16.3. The third kappa shape index (κ3) is 6.30.